The zero-order valence-electron chi connectivity index (χ0n) is 12.6. The third kappa shape index (κ3) is 5.78. The van der Waals surface area contributed by atoms with Crippen LogP contribution in [-0.2, 0) is 14.2 Å². The van der Waals surface area contributed by atoms with Crippen LogP contribution in [0.15, 0.2) is 0 Å². The van der Waals surface area contributed by atoms with Crippen molar-refractivity contribution in [1.29, 1.82) is 0 Å². The molecular formula is C15H29NO3. The number of ether oxygens (including phenoxy) is 3. The second kappa shape index (κ2) is 7.02. The molecule has 0 aromatic heterocycles. The van der Waals surface area contributed by atoms with Crippen LogP contribution in [0.3, 0.4) is 0 Å². The summed E-state index contributed by atoms with van der Waals surface area (Å²) in [6, 6.07) is 0. The average molecular weight is 271 g/mol. The second-order valence-corrected chi connectivity index (χ2v) is 6.86. The van der Waals surface area contributed by atoms with Crippen molar-refractivity contribution < 1.29 is 14.2 Å². The molecule has 2 saturated heterocycles. The topological polar surface area (TPSA) is 39.7 Å². The third-order valence-corrected chi connectivity index (χ3v) is 3.74. The summed E-state index contributed by atoms with van der Waals surface area (Å²) in [5.74, 6) is 0.597. The van der Waals surface area contributed by atoms with Gasteiger partial charge in [-0.1, -0.05) is 0 Å². The molecule has 0 aromatic rings. The van der Waals surface area contributed by atoms with Gasteiger partial charge in [-0.2, -0.15) is 0 Å². The highest BCUT2D eigenvalue weighted by Gasteiger charge is 2.26. The van der Waals surface area contributed by atoms with Gasteiger partial charge in [0, 0.05) is 24.6 Å². The maximum atomic E-state index is 6.00. The van der Waals surface area contributed by atoms with E-state index in [0.717, 1.165) is 52.2 Å². The number of rotatable bonds is 6. The Morgan fingerprint density at radius 2 is 1.89 bits per heavy atom. The van der Waals surface area contributed by atoms with E-state index in [-0.39, 0.29) is 11.6 Å². The van der Waals surface area contributed by atoms with E-state index in [2.05, 4.69) is 26.1 Å². The molecule has 3 unspecified atom stereocenters. The fourth-order valence-corrected chi connectivity index (χ4v) is 2.55. The average Bonchev–Trinajstić information content (AvgIpc) is 2.97. The predicted octanol–water partition coefficient (Wildman–Crippen LogP) is 1.98. The first-order valence-corrected chi connectivity index (χ1v) is 7.59. The maximum Gasteiger partial charge on any atom is 0.0813 e. The number of nitrogens with one attached hydrogen (secondary N) is 1. The summed E-state index contributed by atoms with van der Waals surface area (Å²) in [4.78, 5) is 0. The van der Waals surface area contributed by atoms with E-state index in [4.69, 9.17) is 14.2 Å². The minimum atomic E-state index is 0.167. The first-order valence-electron chi connectivity index (χ1n) is 7.59. The van der Waals surface area contributed by atoms with Crippen LogP contribution >= 0.6 is 0 Å². The van der Waals surface area contributed by atoms with Gasteiger partial charge in [0.05, 0.1) is 32.0 Å². The van der Waals surface area contributed by atoms with Crippen LogP contribution in [-0.4, -0.2) is 50.7 Å². The van der Waals surface area contributed by atoms with E-state index in [9.17, 15) is 0 Å². The Hall–Kier alpha value is -0.160. The highest BCUT2D eigenvalue weighted by Crippen LogP contribution is 2.21. The van der Waals surface area contributed by atoms with E-state index >= 15 is 0 Å². The van der Waals surface area contributed by atoms with Gasteiger partial charge in [-0.3, -0.25) is 0 Å². The van der Waals surface area contributed by atoms with Crippen molar-refractivity contribution in [3.8, 4) is 0 Å². The van der Waals surface area contributed by atoms with Crippen molar-refractivity contribution >= 4 is 0 Å². The van der Waals surface area contributed by atoms with Crippen LogP contribution in [0.1, 0.15) is 40.0 Å². The molecule has 4 heteroatoms. The molecule has 0 aliphatic carbocycles. The minimum Gasteiger partial charge on any atom is -0.381 e. The predicted molar refractivity (Wildman–Crippen MR) is 75.4 cm³/mol. The Morgan fingerprint density at radius 3 is 2.58 bits per heavy atom. The Labute approximate surface area is 117 Å². The Morgan fingerprint density at radius 1 is 1.11 bits per heavy atom. The molecule has 4 nitrogen and oxygen atoms in total. The van der Waals surface area contributed by atoms with Crippen molar-refractivity contribution in [2.24, 2.45) is 5.92 Å². The van der Waals surface area contributed by atoms with Gasteiger partial charge < -0.3 is 19.5 Å². The lowest BCUT2D eigenvalue weighted by atomic mass is 10.1. The number of hydrogen-bond donors (Lipinski definition) is 1. The first-order chi connectivity index (χ1) is 9.03. The highest BCUT2D eigenvalue weighted by molar-refractivity contribution is 4.79. The molecule has 0 amide bonds. The van der Waals surface area contributed by atoms with Gasteiger partial charge in [-0.15, -0.1) is 0 Å². The van der Waals surface area contributed by atoms with Gasteiger partial charge >= 0.3 is 0 Å². The molecule has 2 aliphatic heterocycles. The molecule has 1 N–H and O–H groups in total. The molecule has 112 valence electrons. The summed E-state index contributed by atoms with van der Waals surface area (Å²) in [7, 11) is 0. The van der Waals surface area contributed by atoms with Crippen LogP contribution in [0.4, 0.5) is 0 Å². The van der Waals surface area contributed by atoms with Gasteiger partial charge in [0.2, 0.25) is 0 Å². The maximum absolute atomic E-state index is 6.00. The smallest absolute Gasteiger partial charge is 0.0813 e. The van der Waals surface area contributed by atoms with Crippen LogP contribution in [0.5, 0.6) is 0 Å². The molecule has 2 heterocycles. The third-order valence-electron chi connectivity index (χ3n) is 3.74. The zero-order chi connectivity index (χ0) is 13.7. The molecule has 0 saturated carbocycles. The number of hydrogen-bond acceptors (Lipinski definition) is 4. The summed E-state index contributed by atoms with van der Waals surface area (Å²) in [5.41, 5.74) is 0.167. The highest BCUT2D eigenvalue weighted by atomic mass is 16.5. The molecule has 2 rings (SSSR count). The van der Waals surface area contributed by atoms with Crippen molar-refractivity contribution in [3.05, 3.63) is 0 Å². The van der Waals surface area contributed by atoms with Gasteiger partial charge in [-0.05, 0) is 40.0 Å². The van der Waals surface area contributed by atoms with E-state index < -0.39 is 0 Å². The minimum absolute atomic E-state index is 0.167. The van der Waals surface area contributed by atoms with Crippen LogP contribution in [0.25, 0.3) is 0 Å². The summed E-state index contributed by atoms with van der Waals surface area (Å²) >= 11 is 0. The van der Waals surface area contributed by atoms with Crippen LogP contribution in [0, 0.1) is 5.92 Å². The zero-order valence-corrected chi connectivity index (χ0v) is 12.6. The molecule has 19 heavy (non-hydrogen) atoms. The molecule has 2 aliphatic rings. The largest absolute Gasteiger partial charge is 0.381 e. The normalized spacial score (nSPS) is 32.1. The van der Waals surface area contributed by atoms with Crippen LogP contribution in [0.2, 0.25) is 0 Å². The lowest BCUT2D eigenvalue weighted by Crippen LogP contribution is -2.41. The van der Waals surface area contributed by atoms with Crippen molar-refractivity contribution in [3.63, 3.8) is 0 Å². The molecular weight excluding hydrogens is 242 g/mol. The Kier molecular flexibility index (Phi) is 5.63. The van der Waals surface area contributed by atoms with E-state index in [1.807, 2.05) is 0 Å². The van der Waals surface area contributed by atoms with Crippen LogP contribution < -0.4 is 5.32 Å². The van der Waals surface area contributed by atoms with E-state index in [1.54, 1.807) is 0 Å². The molecule has 0 radical (unpaired) electrons. The molecule has 0 aromatic carbocycles. The van der Waals surface area contributed by atoms with Gasteiger partial charge in [-0.25, -0.2) is 0 Å². The van der Waals surface area contributed by atoms with E-state index in [1.165, 1.54) is 0 Å². The second-order valence-electron chi connectivity index (χ2n) is 6.86. The van der Waals surface area contributed by atoms with Crippen molar-refractivity contribution in [2.75, 3.05) is 33.0 Å². The SMILES string of the molecule is CC(C)(C)NCC1CCC(COCC2CCOC2)O1. The Bertz CT molecular complexity index is 259. The van der Waals surface area contributed by atoms with E-state index in [0.29, 0.717) is 12.0 Å². The summed E-state index contributed by atoms with van der Waals surface area (Å²) in [6.07, 6.45) is 4.04. The standard InChI is InChI=1S/C15H29NO3/c1-15(2,3)16-8-13-4-5-14(19-13)11-18-10-12-6-7-17-9-12/h12-14,16H,4-11H2,1-3H3. The van der Waals surface area contributed by atoms with Gasteiger partial charge in [0.1, 0.15) is 0 Å². The lowest BCUT2D eigenvalue weighted by Gasteiger charge is -2.23. The fraction of sp³-hybridized carbons (Fsp3) is 1.00. The summed E-state index contributed by atoms with van der Waals surface area (Å²) < 4.78 is 17.1. The van der Waals surface area contributed by atoms with Gasteiger partial charge in [0.15, 0.2) is 0 Å². The fourth-order valence-electron chi connectivity index (χ4n) is 2.55. The first kappa shape index (κ1) is 15.2. The monoisotopic (exact) mass is 271 g/mol. The molecule has 2 fully saturated rings. The summed E-state index contributed by atoms with van der Waals surface area (Å²) in [5, 5.41) is 3.50. The quantitative estimate of drug-likeness (QED) is 0.802. The molecule has 0 spiro atoms. The molecule has 3 atom stereocenters. The van der Waals surface area contributed by atoms with Gasteiger partial charge in [0.25, 0.3) is 0 Å². The lowest BCUT2D eigenvalue weighted by molar-refractivity contribution is -0.0237. The molecule has 0 bridgehead atoms. The van der Waals surface area contributed by atoms with Crippen molar-refractivity contribution in [2.45, 2.75) is 57.8 Å². The van der Waals surface area contributed by atoms with Crippen molar-refractivity contribution in [1.82, 2.24) is 5.32 Å². The Balaban J connectivity index is 1.54. The summed E-state index contributed by atoms with van der Waals surface area (Å²) in [6.45, 7) is 10.8.